The van der Waals surface area contributed by atoms with Crippen molar-refractivity contribution in [2.24, 2.45) is 0 Å². The van der Waals surface area contributed by atoms with Crippen LogP contribution in [0.2, 0.25) is 0 Å². The van der Waals surface area contributed by atoms with Crippen LogP contribution in [0.1, 0.15) is 64.4 Å². The molecule has 0 atom stereocenters. The van der Waals surface area contributed by atoms with Gasteiger partial charge in [-0.3, -0.25) is 19.2 Å². The number of ether oxygens (including phenoxy) is 1. The second kappa shape index (κ2) is 14.7. The van der Waals surface area contributed by atoms with Gasteiger partial charge in [0.25, 0.3) is 0 Å². The predicted octanol–water partition coefficient (Wildman–Crippen LogP) is 3.39. The minimum absolute atomic E-state index is 0.0324. The lowest BCUT2D eigenvalue weighted by atomic mass is 10.2. The molecule has 0 N–H and O–H groups in total. The number of Topliss-reactive ketones (excluding diaryl/α,β-unsaturated/α-hetero) is 3. The van der Waals surface area contributed by atoms with Crippen LogP contribution in [0.3, 0.4) is 0 Å². The molecular weight excluding hydrogens is 300 g/mol. The van der Waals surface area contributed by atoms with Gasteiger partial charge in [-0.05, 0) is 25.5 Å². The van der Waals surface area contributed by atoms with Gasteiger partial charge in [0.05, 0.1) is 12.9 Å². The summed E-state index contributed by atoms with van der Waals surface area (Å²) in [5, 5.41) is 0. The summed E-state index contributed by atoms with van der Waals surface area (Å²) in [7, 11) is 0. The average molecular weight is 326 g/mol. The number of hydrogen-bond donors (Lipinski definition) is 0. The molecule has 0 unspecified atom stereocenters. The second-order valence-electron chi connectivity index (χ2n) is 4.42. The van der Waals surface area contributed by atoms with E-state index >= 15 is 0 Å². The summed E-state index contributed by atoms with van der Waals surface area (Å²) < 4.78 is 9.39. The quantitative estimate of drug-likeness (QED) is 0.452. The molecule has 6 heteroatoms. The fourth-order valence-electron chi connectivity index (χ4n) is 1.17. The lowest BCUT2D eigenvalue weighted by molar-refractivity contribution is -0.143. The van der Waals surface area contributed by atoms with E-state index in [0.717, 1.165) is 6.42 Å². The summed E-state index contributed by atoms with van der Waals surface area (Å²) in [5.74, 6) is -0.336. The van der Waals surface area contributed by atoms with Crippen molar-refractivity contribution in [3.63, 3.8) is 0 Å². The van der Waals surface area contributed by atoms with Gasteiger partial charge in [0.1, 0.15) is 0 Å². The molecule has 1 aromatic rings. The number of hydrogen-bond acceptors (Lipinski definition) is 6. The molecule has 1 rings (SSSR count). The molecule has 6 nitrogen and oxygen atoms in total. The fourth-order valence-corrected chi connectivity index (χ4v) is 1.17. The highest BCUT2D eigenvalue weighted by atomic mass is 16.5. The standard InChI is InChI=1S/C6H6O2.C6H12O2.C5H8O2/c1-5(7)6-3-2-4-8-6;1-3-5-6(7)8-4-2;1-3-5(7)4(2)6/h2-4H,1H3;3-5H2,1-2H3;3H2,1-2H3. The molecule has 0 saturated carbocycles. The van der Waals surface area contributed by atoms with Crippen molar-refractivity contribution in [2.45, 2.75) is 53.9 Å². The van der Waals surface area contributed by atoms with Crippen LogP contribution in [0.5, 0.6) is 0 Å². The minimum Gasteiger partial charge on any atom is -0.466 e. The number of carbonyl (C=O) groups is 4. The molecule has 1 aromatic heterocycles. The molecule has 0 saturated heterocycles. The van der Waals surface area contributed by atoms with E-state index in [9.17, 15) is 19.2 Å². The first-order valence-electron chi connectivity index (χ1n) is 7.53. The Hall–Kier alpha value is -2.24. The van der Waals surface area contributed by atoms with Gasteiger partial charge in [0, 0.05) is 26.7 Å². The Kier molecular flexibility index (Phi) is 14.7. The molecule has 0 radical (unpaired) electrons. The maximum Gasteiger partial charge on any atom is 0.305 e. The Balaban J connectivity index is 0. The second-order valence-corrected chi connectivity index (χ2v) is 4.42. The van der Waals surface area contributed by atoms with Crippen molar-refractivity contribution >= 4 is 23.3 Å². The van der Waals surface area contributed by atoms with Gasteiger partial charge in [0.15, 0.2) is 23.1 Å². The summed E-state index contributed by atoms with van der Waals surface area (Å²) in [4.78, 5) is 41.0. The van der Waals surface area contributed by atoms with E-state index in [4.69, 9.17) is 4.42 Å². The highest BCUT2D eigenvalue weighted by Crippen LogP contribution is 1.98. The minimum atomic E-state index is -0.345. The summed E-state index contributed by atoms with van der Waals surface area (Å²) in [5.41, 5.74) is 0. The number of ketones is 3. The summed E-state index contributed by atoms with van der Waals surface area (Å²) in [6.45, 7) is 8.69. The first-order valence-corrected chi connectivity index (χ1v) is 7.53. The van der Waals surface area contributed by atoms with Crippen LogP contribution in [0.15, 0.2) is 22.8 Å². The molecule has 0 aliphatic rings. The topological polar surface area (TPSA) is 90.6 Å². The van der Waals surface area contributed by atoms with E-state index in [0.29, 0.717) is 25.2 Å². The normalized spacial score (nSPS) is 8.74. The Morgan fingerprint density at radius 1 is 1.09 bits per heavy atom. The predicted molar refractivity (Wildman–Crippen MR) is 86.2 cm³/mol. The molecule has 130 valence electrons. The van der Waals surface area contributed by atoms with Crippen LogP contribution < -0.4 is 0 Å². The highest BCUT2D eigenvalue weighted by molar-refractivity contribution is 6.36. The van der Waals surface area contributed by atoms with E-state index < -0.39 is 0 Å². The van der Waals surface area contributed by atoms with Crippen molar-refractivity contribution in [1.29, 1.82) is 0 Å². The van der Waals surface area contributed by atoms with Crippen molar-refractivity contribution < 1.29 is 28.3 Å². The summed E-state index contributed by atoms with van der Waals surface area (Å²) >= 11 is 0. The van der Waals surface area contributed by atoms with E-state index in [1.54, 1.807) is 19.1 Å². The largest absolute Gasteiger partial charge is 0.466 e. The van der Waals surface area contributed by atoms with Gasteiger partial charge < -0.3 is 9.15 Å². The van der Waals surface area contributed by atoms with Gasteiger partial charge >= 0.3 is 5.97 Å². The Morgan fingerprint density at radius 2 is 1.70 bits per heavy atom. The lowest BCUT2D eigenvalue weighted by Crippen LogP contribution is -2.06. The molecule has 0 amide bonds. The molecule has 0 bridgehead atoms. The van der Waals surface area contributed by atoms with Crippen LogP contribution in [0.25, 0.3) is 0 Å². The van der Waals surface area contributed by atoms with E-state index in [-0.39, 0.29) is 23.3 Å². The van der Waals surface area contributed by atoms with Crippen molar-refractivity contribution in [3.05, 3.63) is 24.2 Å². The monoisotopic (exact) mass is 326 g/mol. The van der Waals surface area contributed by atoms with E-state index in [2.05, 4.69) is 4.74 Å². The number of furan rings is 1. The first-order chi connectivity index (χ1) is 10.8. The molecule has 0 spiro atoms. The van der Waals surface area contributed by atoms with Crippen LogP contribution in [0.4, 0.5) is 0 Å². The maximum atomic E-state index is 10.4. The zero-order valence-electron chi connectivity index (χ0n) is 14.5. The van der Waals surface area contributed by atoms with Gasteiger partial charge in [-0.2, -0.15) is 0 Å². The molecular formula is C17H26O6. The van der Waals surface area contributed by atoms with Crippen molar-refractivity contribution in [3.8, 4) is 0 Å². The summed E-state index contributed by atoms with van der Waals surface area (Å²) in [6.07, 6.45) is 3.23. The number of esters is 1. The molecule has 23 heavy (non-hydrogen) atoms. The average Bonchev–Trinajstić information content (AvgIpc) is 3.02. The fraction of sp³-hybridized carbons (Fsp3) is 0.529. The van der Waals surface area contributed by atoms with Gasteiger partial charge in [-0.25, -0.2) is 0 Å². The number of carbonyl (C=O) groups excluding carboxylic acids is 4. The van der Waals surface area contributed by atoms with E-state index in [1.807, 2.05) is 13.8 Å². The third-order valence-corrected chi connectivity index (χ3v) is 2.34. The van der Waals surface area contributed by atoms with Gasteiger partial charge in [-0.15, -0.1) is 0 Å². The van der Waals surface area contributed by atoms with Crippen LogP contribution in [0, 0.1) is 0 Å². The maximum absolute atomic E-state index is 10.4. The lowest BCUT2D eigenvalue weighted by Gasteiger charge is -1.96. The van der Waals surface area contributed by atoms with Crippen molar-refractivity contribution in [1.82, 2.24) is 0 Å². The Bertz CT molecular complexity index is 465. The van der Waals surface area contributed by atoms with Crippen molar-refractivity contribution in [2.75, 3.05) is 6.61 Å². The number of rotatable bonds is 6. The van der Waals surface area contributed by atoms with Crippen LogP contribution in [-0.2, 0) is 19.1 Å². The third kappa shape index (κ3) is 14.5. The Morgan fingerprint density at radius 3 is 1.91 bits per heavy atom. The molecule has 0 fully saturated rings. The molecule has 0 aromatic carbocycles. The van der Waals surface area contributed by atoms with Gasteiger partial charge in [-0.1, -0.05) is 13.8 Å². The SMILES string of the molecule is CC(=O)c1ccco1.CCC(=O)C(C)=O.CCCC(=O)OCC. The molecule has 0 aliphatic heterocycles. The highest BCUT2D eigenvalue weighted by Gasteiger charge is 2.01. The van der Waals surface area contributed by atoms with Gasteiger partial charge in [0.2, 0.25) is 0 Å². The molecule has 1 heterocycles. The Labute approximate surface area is 137 Å². The van der Waals surface area contributed by atoms with Crippen LogP contribution >= 0.6 is 0 Å². The summed E-state index contributed by atoms with van der Waals surface area (Å²) in [6, 6.07) is 3.33. The smallest absolute Gasteiger partial charge is 0.305 e. The third-order valence-electron chi connectivity index (χ3n) is 2.34. The van der Waals surface area contributed by atoms with Crippen LogP contribution in [-0.4, -0.2) is 29.9 Å². The first kappa shape index (κ1) is 23.0. The zero-order chi connectivity index (χ0) is 18.3. The zero-order valence-corrected chi connectivity index (χ0v) is 14.5. The van der Waals surface area contributed by atoms with E-state index in [1.165, 1.54) is 20.1 Å². The molecule has 0 aliphatic carbocycles.